The highest BCUT2D eigenvalue weighted by Gasteiger charge is 2.30. The van der Waals surface area contributed by atoms with Gasteiger partial charge in [0.05, 0.1) is 19.1 Å². The molecule has 30 heavy (non-hydrogen) atoms. The Labute approximate surface area is 173 Å². The number of benzene rings is 2. The van der Waals surface area contributed by atoms with Crippen LogP contribution in [0.2, 0.25) is 0 Å². The Hall–Kier alpha value is -3.72. The Balaban J connectivity index is 1.96. The van der Waals surface area contributed by atoms with Crippen LogP contribution in [-0.4, -0.2) is 37.6 Å². The van der Waals surface area contributed by atoms with Gasteiger partial charge in [-0.1, -0.05) is 6.07 Å². The van der Waals surface area contributed by atoms with E-state index in [1.807, 2.05) is 0 Å². The number of ether oxygens (including phenoxy) is 2. The standard InChI is InChI=1S/C21H18N4O4S/c1-28-17-4-6-20(29-2)19(12-17)25(21-8-10-23-14-24-21)30(26,27)18-5-3-16-13-22-9-7-15(16)11-18/h3-14H,1-2H3. The minimum absolute atomic E-state index is 0.102. The van der Waals surface area contributed by atoms with Crippen LogP contribution in [-0.2, 0) is 10.0 Å². The minimum Gasteiger partial charge on any atom is -0.497 e. The molecule has 0 aliphatic rings. The molecule has 0 radical (unpaired) electrons. The van der Waals surface area contributed by atoms with Crippen molar-refractivity contribution in [1.82, 2.24) is 15.0 Å². The molecule has 0 spiro atoms. The van der Waals surface area contributed by atoms with E-state index in [2.05, 4.69) is 15.0 Å². The number of pyridine rings is 1. The summed E-state index contributed by atoms with van der Waals surface area (Å²) in [5, 5.41) is 1.59. The quantitative estimate of drug-likeness (QED) is 0.469. The molecule has 0 amide bonds. The summed E-state index contributed by atoms with van der Waals surface area (Å²) in [5.74, 6) is 0.999. The Bertz CT molecular complexity index is 1300. The van der Waals surface area contributed by atoms with E-state index in [1.165, 1.54) is 32.8 Å². The average molecular weight is 422 g/mol. The number of nitrogens with zero attached hydrogens (tertiary/aromatic N) is 4. The molecule has 4 rings (SSSR count). The maximum Gasteiger partial charge on any atom is 0.270 e. The first-order chi connectivity index (χ1) is 14.5. The van der Waals surface area contributed by atoms with Gasteiger partial charge in [-0.25, -0.2) is 22.7 Å². The molecule has 2 aromatic carbocycles. The summed E-state index contributed by atoms with van der Waals surface area (Å²) in [6, 6.07) is 13.1. The zero-order chi connectivity index (χ0) is 21.1. The fraction of sp³-hybridized carbons (Fsp3) is 0.0952. The van der Waals surface area contributed by atoms with Crippen molar-refractivity contribution >= 4 is 32.3 Å². The molecule has 2 heterocycles. The van der Waals surface area contributed by atoms with Crippen LogP contribution in [0.25, 0.3) is 10.8 Å². The van der Waals surface area contributed by atoms with E-state index >= 15 is 0 Å². The SMILES string of the molecule is COc1ccc(OC)c(N(c2ccncn2)S(=O)(=O)c2ccc3cnccc3c2)c1. The summed E-state index contributed by atoms with van der Waals surface area (Å²) >= 11 is 0. The van der Waals surface area contributed by atoms with Crippen LogP contribution < -0.4 is 13.8 Å². The van der Waals surface area contributed by atoms with Crippen molar-refractivity contribution in [1.29, 1.82) is 0 Å². The van der Waals surface area contributed by atoms with Gasteiger partial charge in [-0.2, -0.15) is 0 Å². The maximum absolute atomic E-state index is 13.8. The van der Waals surface area contributed by atoms with Gasteiger partial charge in [-0.15, -0.1) is 0 Å². The molecule has 0 fully saturated rings. The van der Waals surface area contributed by atoms with Crippen molar-refractivity contribution in [3.05, 3.63) is 73.4 Å². The van der Waals surface area contributed by atoms with E-state index in [1.54, 1.807) is 54.9 Å². The average Bonchev–Trinajstić information content (AvgIpc) is 2.79. The Morgan fingerprint density at radius 3 is 2.43 bits per heavy atom. The van der Waals surface area contributed by atoms with Gasteiger partial charge in [0.2, 0.25) is 0 Å². The van der Waals surface area contributed by atoms with E-state index in [0.29, 0.717) is 11.5 Å². The lowest BCUT2D eigenvalue weighted by Gasteiger charge is -2.25. The third-order valence-electron chi connectivity index (χ3n) is 4.53. The zero-order valence-corrected chi connectivity index (χ0v) is 17.1. The summed E-state index contributed by atoms with van der Waals surface area (Å²) in [5.41, 5.74) is 0.269. The first kappa shape index (κ1) is 19.6. The Kier molecular flexibility index (Phi) is 5.20. The zero-order valence-electron chi connectivity index (χ0n) is 16.3. The second-order valence-electron chi connectivity index (χ2n) is 6.26. The van der Waals surface area contributed by atoms with Crippen molar-refractivity contribution in [2.24, 2.45) is 0 Å². The monoisotopic (exact) mass is 422 g/mol. The lowest BCUT2D eigenvalue weighted by molar-refractivity contribution is 0.404. The lowest BCUT2D eigenvalue weighted by atomic mass is 10.2. The molecule has 9 heteroatoms. The van der Waals surface area contributed by atoms with E-state index < -0.39 is 10.0 Å². The number of anilines is 2. The number of hydrogen-bond acceptors (Lipinski definition) is 7. The molecule has 0 atom stereocenters. The second kappa shape index (κ2) is 7.96. The van der Waals surface area contributed by atoms with E-state index in [9.17, 15) is 8.42 Å². The predicted molar refractivity (Wildman–Crippen MR) is 113 cm³/mol. The molecule has 152 valence electrons. The number of fused-ring (bicyclic) bond motifs is 1. The maximum atomic E-state index is 13.8. The van der Waals surface area contributed by atoms with Gasteiger partial charge >= 0.3 is 0 Å². The van der Waals surface area contributed by atoms with Crippen molar-refractivity contribution in [3.63, 3.8) is 0 Å². The van der Waals surface area contributed by atoms with Gasteiger partial charge in [0.1, 0.15) is 23.5 Å². The van der Waals surface area contributed by atoms with Crippen LogP contribution in [0, 0.1) is 0 Å². The topological polar surface area (TPSA) is 94.5 Å². The molecule has 0 unspecified atom stereocenters. The normalized spacial score (nSPS) is 11.3. The number of hydrogen-bond donors (Lipinski definition) is 0. The smallest absolute Gasteiger partial charge is 0.270 e. The lowest BCUT2D eigenvalue weighted by Crippen LogP contribution is -2.27. The molecule has 0 saturated heterocycles. The summed E-state index contributed by atoms with van der Waals surface area (Å²) in [7, 11) is -1.09. The van der Waals surface area contributed by atoms with Crippen molar-refractivity contribution in [2.75, 3.05) is 18.5 Å². The van der Waals surface area contributed by atoms with E-state index in [-0.39, 0.29) is 16.4 Å². The molecule has 0 saturated carbocycles. The van der Waals surface area contributed by atoms with Gasteiger partial charge < -0.3 is 9.47 Å². The van der Waals surface area contributed by atoms with Crippen LogP contribution in [0.5, 0.6) is 11.5 Å². The number of sulfonamides is 1. The van der Waals surface area contributed by atoms with E-state index in [4.69, 9.17) is 9.47 Å². The van der Waals surface area contributed by atoms with Gasteiger partial charge in [0.15, 0.2) is 5.82 Å². The summed E-state index contributed by atoms with van der Waals surface area (Å²) < 4.78 is 39.5. The fourth-order valence-corrected chi connectivity index (χ4v) is 4.55. The predicted octanol–water partition coefficient (Wildman–Crippen LogP) is 3.57. The summed E-state index contributed by atoms with van der Waals surface area (Å²) in [4.78, 5) is 12.2. The number of methoxy groups -OCH3 is 2. The molecule has 0 aliphatic carbocycles. The largest absolute Gasteiger partial charge is 0.497 e. The van der Waals surface area contributed by atoms with Crippen LogP contribution in [0.1, 0.15) is 0 Å². The van der Waals surface area contributed by atoms with Crippen molar-refractivity contribution in [3.8, 4) is 11.5 Å². The van der Waals surface area contributed by atoms with Gasteiger partial charge in [0, 0.05) is 36.1 Å². The third kappa shape index (κ3) is 3.50. The first-order valence-corrected chi connectivity index (χ1v) is 10.4. The molecule has 0 aliphatic heterocycles. The molecule has 8 nitrogen and oxygen atoms in total. The highest BCUT2D eigenvalue weighted by atomic mass is 32.2. The number of rotatable bonds is 6. The molecule has 0 N–H and O–H groups in total. The van der Waals surface area contributed by atoms with Gasteiger partial charge in [0.25, 0.3) is 10.0 Å². The molecule has 2 aromatic heterocycles. The highest BCUT2D eigenvalue weighted by Crippen LogP contribution is 2.40. The Morgan fingerprint density at radius 2 is 1.70 bits per heavy atom. The minimum atomic E-state index is -4.07. The van der Waals surface area contributed by atoms with Crippen molar-refractivity contribution < 1.29 is 17.9 Å². The first-order valence-electron chi connectivity index (χ1n) is 8.92. The molecular formula is C21H18N4O4S. The van der Waals surface area contributed by atoms with Gasteiger partial charge in [-0.05, 0) is 35.7 Å². The van der Waals surface area contributed by atoms with Gasteiger partial charge in [-0.3, -0.25) is 4.98 Å². The van der Waals surface area contributed by atoms with Crippen LogP contribution >= 0.6 is 0 Å². The second-order valence-corrected chi connectivity index (χ2v) is 8.05. The van der Waals surface area contributed by atoms with E-state index in [0.717, 1.165) is 15.1 Å². The number of aromatic nitrogens is 3. The molecule has 0 bridgehead atoms. The summed E-state index contributed by atoms with van der Waals surface area (Å²) in [6.07, 6.45) is 6.06. The molecular weight excluding hydrogens is 404 g/mol. The Morgan fingerprint density at radius 1 is 0.867 bits per heavy atom. The molecule has 4 aromatic rings. The van der Waals surface area contributed by atoms with Crippen LogP contribution in [0.4, 0.5) is 11.5 Å². The highest BCUT2D eigenvalue weighted by molar-refractivity contribution is 7.93. The van der Waals surface area contributed by atoms with Crippen LogP contribution in [0.15, 0.2) is 78.3 Å². The third-order valence-corrected chi connectivity index (χ3v) is 6.24. The van der Waals surface area contributed by atoms with Crippen molar-refractivity contribution in [2.45, 2.75) is 4.90 Å². The summed E-state index contributed by atoms with van der Waals surface area (Å²) in [6.45, 7) is 0. The van der Waals surface area contributed by atoms with Crippen LogP contribution in [0.3, 0.4) is 0 Å². The fourth-order valence-electron chi connectivity index (χ4n) is 3.06.